The van der Waals surface area contributed by atoms with E-state index in [4.69, 9.17) is 4.74 Å². The predicted octanol–water partition coefficient (Wildman–Crippen LogP) is 4.21. The minimum absolute atomic E-state index is 0.156. The maximum Gasteiger partial charge on any atom is 0.350 e. The van der Waals surface area contributed by atoms with Crippen LogP contribution >= 0.6 is 22.7 Å². The second kappa shape index (κ2) is 7.44. The summed E-state index contributed by atoms with van der Waals surface area (Å²) in [4.78, 5) is 30.9. The molecule has 0 atom stereocenters. The first kappa shape index (κ1) is 17.1. The molecule has 1 aliphatic carbocycles. The lowest BCUT2D eigenvalue weighted by Crippen LogP contribution is -2.09. The van der Waals surface area contributed by atoms with Gasteiger partial charge in [0.25, 0.3) is 5.91 Å². The van der Waals surface area contributed by atoms with E-state index >= 15 is 0 Å². The quantitative estimate of drug-likeness (QED) is 0.828. The number of carbonyl (C=O) groups excluding carboxylic acids is 2. The monoisotopic (exact) mass is 364 g/mol. The third-order valence-corrected chi connectivity index (χ3v) is 6.40. The fraction of sp³-hybridized carbons (Fsp3) is 0.471. The topological polar surface area (TPSA) is 68.3 Å². The molecule has 1 amide bonds. The van der Waals surface area contributed by atoms with E-state index in [9.17, 15) is 9.59 Å². The van der Waals surface area contributed by atoms with E-state index < -0.39 is 5.97 Å². The number of esters is 1. The van der Waals surface area contributed by atoms with Crippen LogP contribution in [-0.4, -0.2) is 24.0 Å². The van der Waals surface area contributed by atoms with Crippen molar-refractivity contribution >= 4 is 39.7 Å². The maximum atomic E-state index is 12.5. The number of methoxy groups -OCH3 is 1. The fourth-order valence-corrected chi connectivity index (χ4v) is 4.88. The van der Waals surface area contributed by atoms with Crippen molar-refractivity contribution in [2.75, 3.05) is 12.4 Å². The van der Waals surface area contributed by atoms with E-state index in [0.717, 1.165) is 29.1 Å². The van der Waals surface area contributed by atoms with Gasteiger partial charge in [-0.3, -0.25) is 10.1 Å². The van der Waals surface area contributed by atoms with Crippen LogP contribution in [0.5, 0.6) is 0 Å². The standard InChI is InChI=1S/C17H20N2O3S2/c1-10-14(16(21)22-2)24-17(18-10)19-15(20)13-9-11-7-5-3-4-6-8-12(11)23-13/h9H,3-8H2,1-2H3,(H,18,19,20). The van der Waals surface area contributed by atoms with Crippen molar-refractivity contribution in [1.29, 1.82) is 0 Å². The largest absolute Gasteiger partial charge is 0.465 e. The molecule has 0 aromatic carbocycles. The number of nitrogens with zero attached hydrogens (tertiary/aromatic N) is 1. The van der Waals surface area contributed by atoms with Crippen LogP contribution in [0.4, 0.5) is 5.13 Å². The van der Waals surface area contributed by atoms with Crippen molar-refractivity contribution in [3.63, 3.8) is 0 Å². The molecule has 2 aromatic rings. The molecule has 2 heterocycles. The first-order chi connectivity index (χ1) is 11.6. The van der Waals surface area contributed by atoms with E-state index in [2.05, 4.69) is 10.3 Å². The zero-order valence-electron chi connectivity index (χ0n) is 13.8. The van der Waals surface area contributed by atoms with Crippen LogP contribution in [0.3, 0.4) is 0 Å². The van der Waals surface area contributed by atoms with Crippen LogP contribution in [0.1, 0.15) is 61.2 Å². The summed E-state index contributed by atoms with van der Waals surface area (Å²) in [6, 6.07) is 2.02. The molecule has 3 rings (SSSR count). The molecule has 24 heavy (non-hydrogen) atoms. The van der Waals surface area contributed by atoms with Crippen LogP contribution in [0.2, 0.25) is 0 Å². The van der Waals surface area contributed by atoms with Gasteiger partial charge in [-0.15, -0.1) is 11.3 Å². The third-order valence-electron chi connectivity index (χ3n) is 4.11. The number of amides is 1. The van der Waals surface area contributed by atoms with Gasteiger partial charge in [0, 0.05) is 4.88 Å². The van der Waals surface area contributed by atoms with Gasteiger partial charge in [-0.05, 0) is 44.2 Å². The maximum absolute atomic E-state index is 12.5. The van der Waals surface area contributed by atoms with E-state index in [1.807, 2.05) is 6.07 Å². The Hall–Kier alpha value is -1.73. The van der Waals surface area contributed by atoms with Gasteiger partial charge in [-0.2, -0.15) is 0 Å². The highest BCUT2D eigenvalue weighted by Gasteiger charge is 2.20. The van der Waals surface area contributed by atoms with E-state index in [1.165, 1.54) is 43.2 Å². The Labute approximate surface area is 149 Å². The number of aromatic nitrogens is 1. The normalized spacial score (nSPS) is 14.4. The number of thiophene rings is 1. The Morgan fingerprint density at radius 2 is 1.92 bits per heavy atom. The Morgan fingerprint density at radius 1 is 1.17 bits per heavy atom. The van der Waals surface area contributed by atoms with Crippen LogP contribution in [-0.2, 0) is 17.6 Å². The summed E-state index contributed by atoms with van der Waals surface area (Å²) >= 11 is 2.72. The minimum Gasteiger partial charge on any atom is -0.465 e. The molecule has 0 saturated carbocycles. The molecule has 0 radical (unpaired) electrons. The highest BCUT2D eigenvalue weighted by molar-refractivity contribution is 7.18. The minimum atomic E-state index is -0.426. The summed E-state index contributed by atoms with van der Waals surface area (Å²) in [5, 5.41) is 3.24. The van der Waals surface area contributed by atoms with Crippen molar-refractivity contribution in [3.8, 4) is 0 Å². The average Bonchev–Trinajstić information content (AvgIpc) is 3.10. The molecule has 0 spiro atoms. The number of ether oxygens (including phenoxy) is 1. The zero-order valence-corrected chi connectivity index (χ0v) is 15.4. The van der Waals surface area contributed by atoms with Gasteiger partial charge in [0.1, 0.15) is 4.88 Å². The number of hydrogen-bond donors (Lipinski definition) is 1. The Kier molecular flexibility index (Phi) is 5.30. The number of nitrogens with one attached hydrogen (secondary N) is 1. The molecule has 0 saturated heterocycles. The molecule has 0 fully saturated rings. The van der Waals surface area contributed by atoms with Gasteiger partial charge in [0.05, 0.1) is 17.7 Å². The highest BCUT2D eigenvalue weighted by Crippen LogP contribution is 2.30. The second-order valence-electron chi connectivity index (χ2n) is 5.85. The Balaban J connectivity index is 1.75. The summed E-state index contributed by atoms with van der Waals surface area (Å²) in [5.74, 6) is -0.582. The summed E-state index contributed by atoms with van der Waals surface area (Å²) < 4.78 is 4.72. The molecular weight excluding hydrogens is 344 g/mol. The summed E-state index contributed by atoms with van der Waals surface area (Å²) in [7, 11) is 1.33. The first-order valence-corrected chi connectivity index (χ1v) is 9.70. The molecule has 0 unspecified atom stereocenters. The molecule has 0 aliphatic heterocycles. The highest BCUT2D eigenvalue weighted by atomic mass is 32.1. The van der Waals surface area contributed by atoms with Crippen LogP contribution in [0, 0.1) is 6.92 Å². The van der Waals surface area contributed by atoms with Gasteiger partial charge in [0.15, 0.2) is 5.13 Å². The smallest absolute Gasteiger partial charge is 0.350 e. The molecular formula is C17H20N2O3S2. The molecule has 0 bridgehead atoms. The van der Waals surface area contributed by atoms with E-state index in [-0.39, 0.29) is 5.91 Å². The Bertz CT molecular complexity index is 738. The first-order valence-electron chi connectivity index (χ1n) is 8.07. The number of thiazole rings is 1. The van der Waals surface area contributed by atoms with Gasteiger partial charge >= 0.3 is 5.97 Å². The lowest BCUT2D eigenvalue weighted by atomic mass is 10.00. The van der Waals surface area contributed by atoms with Gasteiger partial charge in [-0.25, -0.2) is 9.78 Å². The van der Waals surface area contributed by atoms with Crippen LogP contribution in [0.15, 0.2) is 6.07 Å². The summed E-state index contributed by atoms with van der Waals surface area (Å²) in [6.45, 7) is 1.73. The molecule has 7 heteroatoms. The SMILES string of the molecule is COC(=O)c1sc(NC(=O)c2cc3c(s2)CCCCCC3)nc1C. The lowest BCUT2D eigenvalue weighted by molar-refractivity contribution is 0.0605. The molecule has 128 valence electrons. The number of fused-ring (bicyclic) bond motifs is 1. The van der Waals surface area contributed by atoms with Crippen molar-refractivity contribution in [2.45, 2.75) is 45.4 Å². The number of anilines is 1. The number of hydrogen-bond acceptors (Lipinski definition) is 6. The molecule has 5 nitrogen and oxygen atoms in total. The van der Waals surface area contributed by atoms with Crippen molar-refractivity contribution < 1.29 is 14.3 Å². The van der Waals surface area contributed by atoms with Gasteiger partial charge in [-0.1, -0.05) is 24.2 Å². The van der Waals surface area contributed by atoms with Gasteiger partial charge < -0.3 is 4.74 Å². The zero-order chi connectivity index (χ0) is 17.1. The molecule has 1 aliphatic rings. The van der Waals surface area contributed by atoms with Crippen molar-refractivity contribution in [2.24, 2.45) is 0 Å². The fourth-order valence-electron chi connectivity index (χ4n) is 2.85. The lowest BCUT2D eigenvalue weighted by Gasteiger charge is -2.07. The Morgan fingerprint density at radius 3 is 2.67 bits per heavy atom. The summed E-state index contributed by atoms with van der Waals surface area (Å²) in [6.07, 6.45) is 7.05. The number of rotatable bonds is 3. The number of carbonyl (C=O) groups is 2. The summed E-state index contributed by atoms with van der Waals surface area (Å²) in [5.41, 5.74) is 1.89. The molecule has 2 aromatic heterocycles. The van der Waals surface area contributed by atoms with Crippen molar-refractivity contribution in [1.82, 2.24) is 4.98 Å². The second-order valence-corrected chi connectivity index (χ2v) is 7.99. The van der Waals surface area contributed by atoms with Crippen LogP contribution < -0.4 is 5.32 Å². The van der Waals surface area contributed by atoms with Gasteiger partial charge in [0.2, 0.25) is 0 Å². The number of aryl methyl sites for hydroxylation is 3. The van der Waals surface area contributed by atoms with Crippen LogP contribution in [0.25, 0.3) is 0 Å². The third kappa shape index (κ3) is 3.67. The average molecular weight is 364 g/mol. The predicted molar refractivity (Wildman–Crippen MR) is 96.3 cm³/mol. The molecule has 1 N–H and O–H groups in total. The van der Waals surface area contributed by atoms with Crippen molar-refractivity contribution in [3.05, 3.63) is 32.0 Å². The van der Waals surface area contributed by atoms with E-state index in [1.54, 1.807) is 18.3 Å². The van der Waals surface area contributed by atoms with E-state index in [0.29, 0.717) is 15.7 Å².